The Labute approximate surface area is 126 Å². The molecule has 1 aliphatic heterocycles. The van der Waals surface area contributed by atoms with Gasteiger partial charge in [-0.2, -0.15) is 0 Å². The summed E-state index contributed by atoms with van der Waals surface area (Å²) in [7, 11) is 0. The zero-order chi connectivity index (χ0) is 14.4. The molecule has 1 aliphatic carbocycles. The van der Waals surface area contributed by atoms with E-state index in [2.05, 4.69) is 48.0 Å². The average Bonchev–Trinajstić information content (AvgIpc) is 3.07. The third kappa shape index (κ3) is 1.66. The van der Waals surface area contributed by atoms with Crippen LogP contribution in [0, 0.1) is 6.92 Å². The fourth-order valence-electron chi connectivity index (χ4n) is 4.33. The topological polar surface area (TPSA) is 29.0 Å². The van der Waals surface area contributed by atoms with E-state index in [1.807, 2.05) is 12.4 Å². The van der Waals surface area contributed by atoms with E-state index in [-0.39, 0.29) is 5.54 Å². The summed E-state index contributed by atoms with van der Waals surface area (Å²) in [5.74, 6) is 0. The van der Waals surface area contributed by atoms with Crippen molar-refractivity contribution in [3.05, 3.63) is 53.6 Å². The number of hydrogen-bond donors (Lipinski definition) is 0. The Morgan fingerprint density at radius 2 is 1.81 bits per heavy atom. The molecule has 1 spiro atoms. The number of fused-ring (bicyclic) bond motifs is 2. The number of rotatable bonds is 1. The van der Waals surface area contributed by atoms with Gasteiger partial charge >= 0.3 is 0 Å². The summed E-state index contributed by atoms with van der Waals surface area (Å²) in [6, 6.07) is 9.01. The summed E-state index contributed by atoms with van der Waals surface area (Å²) in [5, 5.41) is 0. The molecule has 0 bridgehead atoms. The number of benzene rings is 1. The molecule has 2 aromatic rings. The second-order valence-electron chi connectivity index (χ2n) is 6.36. The van der Waals surface area contributed by atoms with E-state index in [0.717, 1.165) is 0 Å². The molecule has 4 rings (SSSR count). The molecule has 0 saturated heterocycles. The van der Waals surface area contributed by atoms with Crippen molar-refractivity contribution >= 4 is 5.69 Å². The van der Waals surface area contributed by atoms with Gasteiger partial charge in [0.25, 0.3) is 0 Å². The van der Waals surface area contributed by atoms with Crippen molar-refractivity contribution in [2.24, 2.45) is 0 Å². The highest BCUT2D eigenvalue weighted by Gasteiger charge is 2.52. The van der Waals surface area contributed by atoms with Crippen molar-refractivity contribution in [1.82, 2.24) is 9.97 Å². The summed E-state index contributed by atoms with van der Waals surface area (Å²) >= 11 is 0. The van der Waals surface area contributed by atoms with E-state index in [0.29, 0.717) is 6.04 Å². The minimum atomic E-state index is 0.0646. The van der Waals surface area contributed by atoms with Gasteiger partial charge in [0, 0.05) is 18.1 Å². The highest BCUT2D eigenvalue weighted by Crippen LogP contribution is 2.55. The number of nitrogens with zero attached hydrogens (tertiary/aromatic N) is 3. The average molecular weight is 279 g/mol. The van der Waals surface area contributed by atoms with Crippen LogP contribution < -0.4 is 4.90 Å². The third-order valence-electron chi connectivity index (χ3n) is 5.22. The van der Waals surface area contributed by atoms with Gasteiger partial charge in [0.15, 0.2) is 0 Å². The largest absolute Gasteiger partial charge is 0.352 e. The molecule has 0 radical (unpaired) electrons. The Bertz CT molecular complexity index is 674. The lowest BCUT2D eigenvalue weighted by molar-refractivity contribution is 0.407. The van der Waals surface area contributed by atoms with Crippen molar-refractivity contribution in [2.45, 2.75) is 51.1 Å². The van der Waals surface area contributed by atoms with Gasteiger partial charge in [-0.15, -0.1) is 0 Å². The van der Waals surface area contributed by atoms with Gasteiger partial charge < -0.3 is 4.90 Å². The van der Waals surface area contributed by atoms with E-state index in [9.17, 15) is 0 Å². The standard InChI is InChI=1S/C18H21N3/c1-13-7-3-4-8-15(13)21-14(2)16-17(20-12-11-19-16)18(21)9-5-6-10-18/h3-4,7-8,11-12,14H,5-6,9-10H2,1-2H3. The maximum absolute atomic E-state index is 4.75. The normalized spacial score (nSPS) is 22.8. The monoisotopic (exact) mass is 279 g/mol. The van der Waals surface area contributed by atoms with Gasteiger partial charge in [0.05, 0.1) is 23.0 Å². The number of para-hydroxylation sites is 1. The summed E-state index contributed by atoms with van der Waals surface area (Å²) < 4.78 is 0. The van der Waals surface area contributed by atoms with Crippen LogP contribution in [-0.2, 0) is 5.54 Å². The zero-order valence-electron chi connectivity index (χ0n) is 12.7. The molecule has 1 unspecified atom stereocenters. The van der Waals surface area contributed by atoms with Crippen LogP contribution in [0.15, 0.2) is 36.7 Å². The highest BCUT2D eigenvalue weighted by molar-refractivity contribution is 5.61. The van der Waals surface area contributed by atoms with E-state index < -0.39 is 0 Å². The van der Waals surface area contributed by atoms with Crippen LogP contribution in [0.5, 0.6) is 0 Å². The molecule has 1 atom stereocenters. The Hall–Kier alpha value is -1.90. The Kier molecular flexibility index (Phi) is 2.78. The Morgan fingerprint density at radius 3 is 2.57 bits per heavy atom. The minimum absolute atomic E-state index is 0.0646. The molecule has 1 saturated carbocycles. The van der Waals surface area contributed by atoms with Crippen LogP contribution in [0.25, 0.3) is 0 Å². The van der Waals surface area contributed by atoms with Gasteiger partial charge in [0.1, 0.15) is 0 Å². The molecular formula is C18H21N3. The Morgan fingerprint density at radius 1 is 1.10 bits per heavy atom. The predicted octanol–water partition coefficient (Wildman–Crippen LogP) is 4.14. The lowest BCUT2D eigenvalue weighted by atomic mass is 9.92. The lowest BCUT2D eigenvalue weighted by Gasteiger charge is -2.40. The molecule has 2 aliphatic rings. The molecular weight excluding hydrogens is 258 g/mol. The molecule has 21 heavy (non-hydrogen) atoms. The van der Waals surface area contributed by atoms with Crippen LogP contribution in [0.1, 0.15) is 55.6 Å². The molecule has 1 aromatic heterocycles. The maximum Gasteiger partial charge on any atom is 0.0896 e. The lowest BCUT2D eigenvalue weighted by Crippen LogP contribution is -2.40. The Balaban J connectivity index is 1.93. The van der Waals surface area contributed by atoms with Crippen molar-refractivity contribution in [3.63, 3.8) is 0 Å². The zero-order valence-corrected chi connectivity index (χ0v) is 12.7. The summed E-state index contributed by atoms with van der Waals surface area (Å²) in [6.45, 7) is 4.47. The van der Waals surface area contributed by atoms with Crippen LogP contribution in [0.2, 0.25) is 0 Å². The second kappa shape index (κ2) is 4.55. The van der Waals surface area contributed by atoms with Crippen LogP contribution in [-0.4, -0.2) is 9.97 Å². The first kappa shape index (κ1) is 12.8. The van der Waals surface area contributed by atoms with Crippen molar-refractivity contribution < 1.29 is 0 Å². The number of aromatic nitrogens is 2. The first-order valence-corrected chi connectivity index (χ1v) is 7.90. The molecule has 1 aromatic carbocycles. The minimum Gasteiger partial charge on any atom is -0.352 e. The first-order valence-electron chi connectivity index (χ1n) is 7.90. The molecule has 0 N–H and O–H groups in total. The molecule has 3 nitrogen and oxygen atoms in total. The predicted molar refractivity (Wildman–Crippen MR) is 84.3 cm³/mol. The van der Waals surface area contributed by atoms with Crippen molar-refractivity contribution in [1.29, 1.82) is 0 Å². The second-order valence-corrected chi connectivity index (χ2v) is 6.36. The molecule has 3 heteroatoms. The number of anilines is 1. The van der Waals surface area contributed by atoms with Gasteiger partial charge in [0.2, 0.25) is 0 Å². The van der Waals surface area contributed by atoms with Gasteiger partial charge in [-0.25, -0.2) is 0 Å². The molecule has 0 amide bonds. The van der Waals surface area contributed by atoms with E-state index in [1.54, 1.807) is 0 Å². The van der Waals surface area contributed by atoms with E-state index in [1.165, 1.54) is 48.3 Å². The van der Waals surface area contributed by atoms with Gasteiger partial charge in [-0.05, 0) is 38.3 Å². The molecule has 1 fully saturated rings. The van der Waals surface area contributed by atoms with Crippen molar-refractivity contribution in [3.8, 4) is 0 Å². The quantitative estimate of drug-likeness (QED) is 0.785. The third-order valence-corrected chi connectivity index (χ3v) is 5.22. The van der Waals surface area contributed by atoms with Crippen molar-refractivity contribution in [2.75, 3.05) is 4.90 Å². The SMILES string of the molecule is Cc1ccccc1N1C(C)c2nccnc2C12CCCC2. The van der Waals surface area contributed by atoms with Crippen LogP contribution in [0.3, 0.4) is 0 Å². The maximum atomic E-state index is 4.75. The van der Waals surface area contributed by atoms with Crippen LogP contribution >= 0.6 is 0 Å². The van der Waals surface area contributed by atoms with E-state index >= 15 is 0 Å². The molecule has 2 heterocycles. The summed E-state index contributed by atoms with van der Waals surface area (Å²) in [4.78, 5) is 12.0. The summed E-state index contributed by atoms with van der Waals surface area (Å²) in [6.07, 6.45) is 8.64. The summed E-state index contributed by atoms with van der Waals surface area (Å²) in [5.41, 5.74) is 5.13. The number of hydrogen-bond acceptors (Lipinski definition) is 3. The smallest absolute Gasteiger partial charge is 0.0896 e. The van der Waals surface area contributed by atoms with Gasteiger partial charge in [-0.3, -0.25) is 9.97 Å². The fraction of sp³-hybridized carbons (Fsp3) is 0.444. The molecule has 108 valence electrons. The van der Waals surface area contributed by atoms with Crippen LogP contribution in [0.4, 0.5) is 5.69 Å². The van der Waals surface area contributed by atoms with E-state index in [4.69, 9.17) is 4.98 Å². The number of aryl methyl sites for hydroxylation is 1. The highest BCUT2D eigenvalue weighted by atomic mass is 15.3. The first-order chi connectivity index (χ1) is 10.2. The van der Waals surface area contributed by atoms with Gasteiger partial charge in [-0.1, -0.05) is 31.0 Å². The fourth-order valence-corrected chi connectivity index (χ4v) is 4.33.